The zero-order valence-corrected chi connectivity index (χ0v) is 17.2. The van der Waals surface area contributed by atoms with Gasteiger partial charge in [0, 0.05) is 23.6 Å². The molecule has 0 spiro atoms. The molecule has 7 heteroatoms. The number of ether oxygens (including phenoxy) is 1. The third-order valence-electron chi connectivity index (χ3n) is 8.56. The van der Waals surface area contributed by atoms with Crippen molar-refractivity contribution >= 4 is 5.91 Å². The summed E-state index contributed by atoms with van der Waals surface area (Å²) in [4.78, 5) is 13.8. The molecule has 2 aromatic rings. The van der Waals surface area contributed by atoms with E-state index >= 15 is 0 Å². The summed E-state index contributed by atoms with van der Waals surface area (Å²) in [5, 5.41) is 8.08. The van der Waals surface area contributed by atoms with Gasteiger partial charge in [0.25, 0.3) is 5.91 Å². The van der Waals surface area contributed by atoms with Gasteiger partial charge in [-0.3, -0.25) is 4.79 Å². The van der Waals surface area contributed by atoms with Crippen LogP contribution in [-0.2, 0) is 11.2 Å². The highest BCUT2D eigenvalue weighted by Crippen LogP contribution is 2.60. The Labute approximate surface area is 179 Å². The molecule has 6 bridgehead atoms. The first kappa shape index (κ1) is 18.3. The van der Waals surface area contributed by atoms with Gasteiger partial charge in [-0.2, -0.15) is 5.10 Å². The topological polar surface area (TPSA) is 56.2 Å². The van der Waals surface area contributed by atoms with Crippen LogP contribution in [0, 0.1) is 29.4 Å². The number of hydrogen-bond acceptors (Lipinski definition) is 3. The second-order valence-corrected chi connectivity index (χ2v) is 10.4. The van der Waals surface area contributed by atoms with E-state index in [9.17, 15) is 13.6 Å². The van der Waals surface area contributed by atoms with E-state index in [1.165, 1.54) is 36.1 Å². The van der Waals surface area contributed by atoms with Gasteiger partial charge in [0.1, 0.15) is 23.3 Å². The summed E-state index contributed by atoms with van der Waals surface area (Å²) in [7, 11) is 0. The van der Waals surface area contributed by atoms with E-state index in [-0.39, 0.29) is 29.3 Å². The normalized spacial score (nSPS) is 36.8. The summed E-state index contributed by atoms with van der Waals surface area (Å²) in [5.74, 6) is 0.440. The number of halogens is 2. The number of carbonyl (C=O) groups is 1. The lowest BCUT2D eigenvalue weighted by atomic mass is 9.80. The number of rotatable bonds is 3. The highest BCUT2D eigenvalue weighted by Gasteiger charge is 2.58. The molecular formula is C24H25F2N3O2. The van der Waals surface area contributed by atoms with Crippen LogP contribution in [0.2, 0.25) is 0 Å². The van der Waals surface area contributed by atoms with Gasteiger partial charge in [-0.1, -0.05) is 0 Å². The minimum atomic E-state index is -0.723. The number of aromatic nitrogens is 2. The second-order valence-electron chi connectivity index (χ2n) is 10.4. The lowest BCUT2D eigenvalue weighted by Crippen LogP contribution is -2.50. The number of nitrogens with one attached hydrogen (secondary N) is 1. The zero-order valence-electron chi connectivity index (χ0n) is 17.2. The first-order valence-electron chi connectivity index (χ1n) is 11.5. The molecule has 1 N–H and O–H groups in total. The molecule has 6 aliphatic rings. The van der Waals surface area contributed by atoms with Gasteiger partial charge in [0.15, 0.2) is 5.82 Å². The lowest BCUT2D eigenvalue weighted by Gasteiger charge is -2.34. The predicted octanol–water partition coefficient (Wildman–Crippen LogP) is 4.24. The molecule has 4 aliphatic carbocycles. The van der Waals surface area contributed by atoms with E-state index in [1.807, 2.05) is 0 Å². The smallest absolute Gasteiger partial charge is 0.270 e. The molecule has 1 saturated heterocycles. The molecule has 5 nitrogen and oxygen atoms in total. The van der Waals surface area contributed by atoms with E-state index in [2.05, 4.69) is 10.4 Å². The molecule has 5 fully saturated rings. The third-order valence-corrected chi connectivity index (χ3v) is 8.56. The number of amides is 1. The molecule has 1 aromatic carbocycles. The van der Waals surface area contributed by atoms with Crippen LogP contribution in [0.5, 0.6) is 0 Å². The minimum Gasteiger partial charge on any atom is -0.368 e. The van der Waals surface area contributed by atoms with Crippen LogP contribution in [0.4, 0.5) is 8.78 Å². The number of fused-ring (bicyclic) bond motifs is 4. The first-order valence-corrected chi connectivity index (χ1v) is 11.5. The summed E-state index contributed by atoms with van der Waals surface area (Å²) in [5.41, 5.74) is 1.98. The summed E-state index contributed by atoms with van der Waals surface area (Å²) in [6, 6.07) is 3.41. The number of hydrogen-bond donors (Lipinski definition) is 1. The number of carbonyl (C=O) groups excluding carboxylic acids is 1. The second kappa shape index (κ2) is 6.15. The minimum absolute atomic E-state index is 0.0799. The molecular weight excluding hydrogens is 400 g/mol. The Morgan fingerprint density at radius 1 is 1.16 bits per heavy atom. The SMILES string of the molecule is O=C(NC12C[C@@H]3CC1C[C@@H](C3)C2)c1c2c(nn1-c1ccc(F)cc1F)C1CCC(C2)O1. The Kier molecular flexibility index (Phi) is 3.63. The van der Waals surface area contributed by atoms with Crippen molar-refractivity contribution in [1.29, 1.82) is 0 Å². The van der Waals surface area contributed by atoms with E-state index in [0.717, 1.165) is 54.8 Å². The summed E-state index contributed by atoms with van der Waals surface area (Å²) >= 11 is 0. The van der Waals surface area contributed by atoms with Crippen LogP contribution in [0.3, 0.4) is 0 Å². The highest BCUT2D eigenvalue weighted by molar-refractivity contribution is 5.95. The fraction of sp³-hybridized carbons (Fsp3) is 0.583. The van der Waals surface area contributed by atoms with Crippen molar-refractivity contribution < 1.29 is 18.3 Å². The molecule has 8 rings (SSSR count). The van der Waals surface area contributed by atoms with Gasteiger partial charge in [-0.25, -0.2) is 13.5 Å². The van der Waals surface area contributed by atoms with Crippen LogP contribution in [0.25, 0.3) is 5.69 Å². The van der Waals surface area contributed by atoms with E-state index < -0.39 is 11.6 Å². The highest BCUT2D eigenvalue weighted by atomic mass is 19.1. The van der Waals surface area contributed by atoms with Crippen molar-refractivity contribution in [3.8, 4) is 5.69 Å². The Hall–Kier alpha value is -2.28. The third kappa shape index (κ3) is 2.55. The average Bonchev–Trinajstić information content (AvgIpc) is 3.41. The van der Waals surface area contributed by atoms with Crippen molar-refractivity contribution in [2.24, 2.45) is 17.8 Å². The fourth-order valence-electron chi connectivity index (χ4n) is 7.56. The van der Waals surface area contributed by atoms with Crippen molar-refractivity contribution in [2.45, 2.75) is 69.1 Å². The molecule has 1 aromatic heterocycles. The molecule has 6 atom stereocenters. The molecule has 31 heavy (non-hydrogen) atoms. The number of nitrogens with zero attached hydrogens (tertiary/aromatic N) is 2. The fourth-order valence-corrected chi connectivity index (χ4v) is 7.56. The standard InChI is InChI=1S/C24H25F2N3O2/c25-15-1-3-19(18(26)8-15)29-22(17-9-16-2-4-20(31-16)21(17)28-29)23(30)27-24-10-12-5-13(11-24)7-14(24)6-12/h1,3,8,12-14,16,20H,2,4-7,9-11H2,(H,27,30)/t12-,13+,14?,16?,20?,24?. The average molecular weight is 425 g/mol. The van der Waals surface area contributed by atoms with Crippen LogP contribution in [-0.4, -0.2) is 27.3 Å². The Morgan fingerprint density at radius 3 is 2.74 bits per heavy atom. The van der Waals surface area contributed by atoms with Crippen LogP contribution in [0.15, 0.2) is 18.2 Å². The van der Waals surface area contributed by atoms with Crippen LogP contribution in [0.1, 0.15) is 72.8 Å². The summed E-state index contributed by atoms with van der Waals surface area (Å²) < 4.78 is 35.7. The monoisotopic (exact) mass is 425 g/mol. The molecule has 2 aliphatic heterocycles. The van der Waals surface area contributed by atoms with Gasteiger partial charge < -0.3 is 10.1 Å². The van der Waals surface area contributed by atoms with Gasteiger partial charge >= 0.3 is 0 Å². The van der Waals surface area contributed by atoms with Crippen molar-refractivity contribution in [1.82, 2.24) is 15.1 Å². The zero-order chi connectivity index (χ0) is 20.9. The van der Waals surface area contributed by atoms with Gasteiger partial charge in [0.2, 0.25) is 0 Å². The Bertz CT molecular complexity index is 1100. The summed E-state index contributed by atoms with van der Waals surface area (Å²) in [6.45, 7) is 0. The van der Waals surface area contributed by atoms with E-state index in [1.54, 1.807) is 0 Å². The largest absolute Gasteiger partial charge is 0.368 e. The van der Waals surface area contributed by atoms with Crippen molar-refractivity contribution in [3.63, 3.8) is 0 Å². The van der Waals surface area contributed by atoms with E-state index in [4.69, 9.17) is 4.74 Å². The van der Waals surface area contributed by atoms with Gasteiger partial charge in [0.05, 0.1) is 11.8 Å². The molecule has 0 radical (unpaired) electrons. The molecule has 1 amide bonds. The van der Waals surface area contributed by atoms with Gasteiger partial charge in [-0.15, -0.1) is 0 Å². The van der Waals surface area contributed by atoms with E-state index in [0.29, 0.717) is 18.0 Å². The maximum absolute atomic E-state index is 14.7. The molecule has 4 saturated carbocycles. The molecule has 3 heterocycles. The maximum atomic E-state index is 14.7. The maximum Gasteiger partial charge on any atom is 0.270 e. The summed E-state index contributed by atoms with van der Waals surface area (Å²) in [6.07, 6.45) is 8.15. The molecule has 4 unspecified atom stereocenters. The number of benzene rings is 1. The predicted molar refractivity (Wildman–Crippen MR) is 108 cm³/mol. The van der Waals surface area contributed by atoms with Crippen molar-refractivity contribution in [3.05, 3.63) is 46.8 Å². The molecule has 162 valence electrons. The Balaban J connectivity index is 1.33. The Morgan fingerprint density at radius 2 is 1.97 bits per heavy atom. The van der Waals surface area contributed by atoms with Crippen LogP contribution >= 0.6 is 0 Å². The van der Waals surface area contributed by atoms with Gasteiger partial charge in [-0.05, 0) is 74.8 Å². The lowest BCUT2D eigenvalue weighted by molar-refractivity contribution is 0.0298. The van der Waals surface area contributed by atoms with Crippen LogP contribution < -0.4 is 5.32 Å². The van der Waals surface area contributed by atoms with Crippen molar-refractivity contribution in [2.75, 3.05) is 0 Å². The quantitative estimate of drug-likeness (QED) is 0.801. The first-order chi connectivity index (χ1) is 15.0.